The molecule has 0 bridgehead atoms. The first-order valence-electron chi connectivity index (χ1n) is 9.17. The van der Waals surface area contributed by atoms with E-state index in [4.69, 9.17) is 0 Å². The van der Waals surface area contributed by atoms with Gasteiger partial charge in [0.2, 0.25) is 0 Å². The van der Waals surface area contributed by atoms with E-state index < -0.39 is 0 Å². The molecule has 3 rings (SSSR count). The minimum Gasteiger partial charge on any atom is -0.342 e. The first kappa shape index (κ1) is 18.9. The summed E-state index contributed by atoms with van der Waals surface area (Å²) in [6.07, 6.45) is 2.25. The minimum atomic E-state index is -0.232. The molecule has 1 saturated heterocycles. The van der Waals surface area contributed by atoms with Gasteiger partial charge >= 0.3 is 6.03 Å². The summed E-state index contributed by atoms with van der Waals surface area (Å²) in [7, 11) is 1.82. The lowest BCUT2D eigenvalue weighted by molar-refractivity contribution is 0.0929. The third-order valence-electron chi connectivity index (χ3n) is 4.69. The maximum absolute atomic E-state index is 12.9. The van der Waals surface area contributed by atoms with Crippen molar-refractivity contribution < 1.29 is 9.59 Å². The molecule has 2 aromatic rings. The van der Waals surface area contributed by atoms with E-state index in [1.54, 1.807) is 21.7 Å². The van der Waals surface area contributed by atoms with Crippen LogP contribution in [0.1, 0.15) is 48.1 Å². The molecule has 1 aliphatic rings. The van der Waals surface area contributed by atoms with Crippen molar-refractivity contribution in [1.82, 2.24) is 25.4 Å². The van der Waals surface area contributed by atoms with Crippen molar-refractivity contribution in [3.8, 4) is 0 Å². The number of nitrogens with zero attached hydrogens (tertiary/aromatic N) is 4. The zero-order valence-corrected chi connectivity index (χ0v) is 16.2. The molecule has 1 fully saturated rings. The molecule has 1 unspecified atom stereocenters. The number of urea groups is 1. The number of anilines is 1. The van der Waals surface area contributed by atoms with Crippen molar-refractivity contribution >= 4 is 17.6 Å². The first-order valence-corrected chi connectivity index (χ1v) is 9.17. The Bertz CT molecular complexity index is 844. The summed E-state index contributed by atoms with van der Waals surface area (Å²) in [5.74, 6) is 0.918. The standard InChI is InChI=1S/C19H26N6O2/c1-12(2)9-15(17-21-11-22-24(17)4)23-18(26)14-6-5-13(3)16(10-14)25-8-7-20-19(25)27/h5-6,10-12,15H,7-9H2,1-4H3,(H,20,27)(H,23,26). The number of amides is 3. The Kier molecular flexibility index (Phi) is 5.43. The van der Waals surface area contributed by atoms with Gasteiger partial charge in [-0.05, 0) is 37.0 Å². The van der Waals surface area contributed by atoms with Crippen molar-refractivity contribution in [2.45, 2.75) is 33.2 Å². The molecule has 0 radical (unpaired) electrons. The van der Waals surface area contributed by atoms with Crippen LogP contribution in [0.25, 0.3) is 0 Å². The molecule has 2 N–H and O–H groups in total. The normalized spacial score (nSPS) is 15.1. The fourth-order valence-corrected chi connectivity index (χ4v) is 3.31. The SMILES string of the molecule is Cc1ccc(C(=O)NC(CC(C)C)c2ncnn2C)cc1N1CCNC1=O. The highest BCUT2D eigenvalue weighted by Crippen LogP contribution is 2.25. The number of nitrogens with one attached hydrogen (secondary N) is 2. The number of aromatic nitrogens is 3. The zero-order chi connectivity index (χ0) is 19.6. The van der Waals surface area contributed by atoms with Gasteiger partial charge in [-0.3, -0.25) is 14.4 Å². The molecule has 0 spiro atoms. The minimum absolute atomic E-state index is 0.132. The van der Waals surface area contributed by atoms with Crippen LogP contribution < -0.4 is 15.5 Å². The van der Waals surface area contributed by atoms with Gasteiger partial charge in [-0.25, -0.2) is 9.78 Å². The Labute approximate surface area is 159 Å². The summed E-state index contributed by atoms with van der Waals surface area (Å²) in [4.78, 5) is 30.9. The highest BCUT2D eigenvalue weighted by atomic mass is 16.2. The van der Waals surface area contributed by atoms with Crippen LogP contribution in [0, 0.1) is 12.8 Å². The third-order valence-corrected chi connectivity index (χ3v) is 4.69. The molecule has 1 aromatic heterocycles. The topological polar surface area (TPSA) is 92.2 Å². The maximum Gasteiger partial charge on any atom is 0.322 e. The van der Waals surface area contributed by atoms with Crippen molar-refractivity contribution in [1.29, 1.82) is 0 Å². The first-order chi connectivity index (χ1) is 12.9. The molecular formula is C19H26N6O2. The largest absolute Gasteiger partial charge is 0.342 e. The lowest BCUT2D eigenvalue weighted by Gasteiger charge is -2.21. The predicted octanol–water partition coefficient (Wildman–Crippen LogP) is 2.17. The molecule has 0 aliphatic carbocycles. The van der Waals surface area contributed by atoms with E-state index in [-0.39, 0.29) is 18.0 Å². The summed E-state index contributed by atoms with van der Waals surface area (Å²) in [6, 6.07) is 5.07. The van der Waals surface area contributed by atoms with Crippen molar-refractivity contribution in [2.24, 2.45) is 13.0 Å². The van der Waals surface area contributed by atoms with Gasteiger partial charge in [-0.1, -0.05) is 19.9 Å². The maximum atomic E-state index is 12.9. The number of rotatable bonds is 6. The van der Waals surface area contributed by atoms with Crippen LogP contribution in [0.15, 0.2) is 24.5 Å². The van der Waals surface area contributed by atoms with Crippen LogP contribution >= 0.6 is 0 Å². The molecule has 1 atom stereocenters. The summed E-state index contributed by atoms with van der Waals surface area (Å²) in [5.41, 5.74) is 2.23. The molecule has 27 heavy (non-hydrogen) atoms. The van der Waals surface area contributed by atoms with Crippen LogP contribution in [-0.4, -0.2) is 39.8 Å². The lowest BCUT2D eigenvalue weighted by Crippen LogP contribution is -2.32. The van der Waals surface area contributed by atoms with Crippen LogP contribution in [0.4, 0.5) is 10.5 Å². The van der Waals surface area contributed by atoms with Crippen LogP contribution in [0.3, 0.4) is 0 Å². The summed E-state index contributed by atoms with van der Waals surface area (Å²) >= 11 is 0. The molecule has 1 aromatic carbocycles. The molecule has 0 saturated carbocycles. The molecule has 1 aliphatic heterocycles. The van der Waals surface area contributed by atoms with Gasteiger partial charge in [-0.2, -0.15) is 5.10 Å². The van der Waals surface area contributed by atoms with Gasteiger partial charge in [0.25, 0.3) is 5.91 Å². The Balaban J connectivity index is 1.84. The predicted molar refractivity (Wildman–Crippen MR) is 103 cm³/mol. The van der Waals surface area contributed by atoms with Crippen LogP contribution in [0.2, 0.25) is 0 Å². The Morgan fingerprint density at radius 2 is 2.15 bits per heavy atom. The number of hydrogen-bond acceptors (Lipinski definition) is 4. The summed E-state index contributed by atoms with van der Waals surface area (Å²) in [6.45, 7) is 7.34. The molecule has 2 heterocycles. The van der Waals surface area contributed by atoms with Gasteiger partial charge in [-0.15, -0.1) is 0 Å². The van der Waals surface area contributed by atoms with Gasteiger partial charge in [0.05, 0.1) is 6.04 Å². The second-order valence-corrected chi connectivity index (χ2v) is 7.28. The van der Waals surface area contributed by atoms with Crippen LogP contribution in [0.5, 0.6) is 0 Å². The van der Waals surface area contributed by atoms with Gasteiger partial charge < -0.3 is 10.6 Å². The van der Waals surface area contributed by atoms with E-state index in [2.05, 4.69) is 34.6 Å². The molecular weight excluding hydrogens is 344 g/mol. The zero-order valence-electron chi connectivity index (χ0n) is 16.2. The second-order valence-electron chi connectivity index (χ2n) is 7.28. The number of aryl methyl sites for hydroxylation is 2. The summed E-state index contributed by atoms with van der Waals surface area (Å²) in [5, 5.41) is 9.98. The number of benzene rings is 1. The average molecular weight is 370 g/mol. The number of hydrogen-bond donors (Lipinski definition) is 2. The molecule has 8 heteroatoms. The smallest absolute Gasteiger partial charge is 0.322 e. The molecule has 144 valence electrons. The van der Waals surface area contributed by atoms with E-state index in [1.807, 2.05) is 20.0 Å². The molecule has 3 amide bonds. The fraction of sp³-hybridized carbons (Fsp3) is 0.474. The Morgan fingerprint density at radius 1 is 1.37 bits per heavy atom. The van der Waals surface area contributed by atoms with E-state index in [0.29, 0.717) is 24.6 Å². The highest BCUT2D eigenvalue weighted by molar-refractivity contribution is 5.99. The lowest BCUT2D eigenvalue weighted by atomic mass is 10.0. The van der Waals surface area contributed by atoms with Gasteiger partial charge in [0.15, 0.2) is 0 Å². The monoisotopic (exact) mass is 370 g/mol. The van der Waals surface area contributed by atoms with E-state index in [1.165, 1.54) is 6.33 Å². The average Bonchev–Trinajstić information content (AvgIpc) is 3.22. The van der Waals surface area contributed by atoms with Crippen molar-refractivity contribution in [3.05, 3.63) is 41.5 Å². The summed E-state index contributed by atoms with van der Waals surface area (Å²) < 4.78 is 1.68. The van der Waals surface area contributed by atoms with Gasteiger partial charge in [0.1, 0.15) is 12.2 Å². The van der Waals surface area contributed by atoms with E-state index in [9.17, 15) is 9.59 Å². The Hall–Kier alpha value is -2.90. The molecule has 8 nitrogen and oxygen atoms in total. The fourth-order valence-electron chi connectivity index (χ4n) is 3.31. The quantitative estimate of drug-likeness (QED) is 0.815. The van der Waals surface area contributed by atoms with Crippen molar-refractivity contribution in [2.75, 3.05) is 18.0 Å². The van der Waals surface area contributed by atoms with Crippen LogP contribution in [-0.2, 0) is 7.05 Å². The number of carbonyl (C=O) groups excluding carboxylic acids is 2. The number of carbonyl (C=O) groups is 2. The Morgan fingerprint density at radius 3 is 2.74 bits per heavy atom. The third kappa shape index (κ3) is 4.10. The van der Waals surface area contributed by atoms with Crippen molar-refractivity contribution in [3.63, 3.8) is 0 Å². The van der Waals surface area contributed by atoms with E-state index >= 15 is 0 Å². The van der Waals surface area contributed by atoms with E-state index in [0.717, 1.165) is 23.5 Å². The highest BCUT2D eigenvalue weighted by Gasteiger charge is 2.25. The van der Waals surface area contributed by atoms with Gasteiger partial charge in [0, 0.05) is 31.4 Å². The second kappa shape index (κ2) is 7.77.